The van der Waals surface area contributed by atoms with Crippen molar-refractivity contribution in [3.05, 3.63) is 59.4 Å². The summed E-state index contributed by atoms with van der Waals surface area (Å²) in [5.41, 5.74) is 2.04. The van der Waals surface area contributed by atoms with Gasteiger partial charge in [0.05, 0.1) is 17.1 Å². The summed E-state index contributed by atoms with van der Waals surface area (Å²) < 4.78 is 26.9. The molecule has 0 unspecified atom stereocenters. The predicted molar refractivity (Wildman–Crippen MR) is 92.0 cm³/mol. The Morgan fingerprint density at radius 3 is 2.62 bits per heavy atom. The number of sulfonamides is 1. The molecule has 0 aliphatic carbocycles. The van der Waals surface area contributed by atoms with E-state index in [0.717, 1.165) is 11.3 Å². The van der Waals surface area contributed by atoms with Gasteiger partial charge >= 0.3 is 0 Å². The molecule has 1 amide bonds. The second-order valence-corrected chi connectivity index (χ2v) is 7.47. The molecule has 0 spiro atoms. The topological polar surface area (TPSA) is 88.2 Å². The van der Waals surface area contributed by atoms with Crippen LogP contribution in [0.4, 0.5) is 0 Å². The van der Waals surface area contributed by atoms with Gasteiger partial charge in [-0.25, -0.2) is 13.1 Å². The Morgan fingerprint density at radius 2 is 1.96 bits per heavy atom. The first-order valence-corrected chi connectivity index (χ1v) is 9.09. The average molecular weight is 347 g/mol. The summed E-state index contributed by atoms with van der Waals surface area (Å²) in [6, 6.07) is 9.48. The van der Waals surface area contributed by atoms with Crippen molar-refractivity contribution < 1.29 is 13.2 Å². The van der Waals surface area contributed by atoms with Crippen molar-refractivity contribution in [3.63, 3.8) is 0 Å². The molecular formula is C17H21N3O3S. The van der Waals surface area contributed by atoms with Gasteiger partial charge < -0.3 is 5.32 Å². The molecule has 7 heteroatoms. The molecule has 1 heterocycles. The lowest BCUT2D eigenvalue weighted by molar-refractivity contribution is 0.0950. The molecule has 24 heavy (non-hydrogen) atoms. The Kier molecular flexibility index (Phi) is 5.69. The zero-order chi connectivity index (χ0) is 17.7. The molecule has 0 atom stereocenters. The van der Waals surface area contributed by atoms with Gasteiger partial charge in [-0.1, -0.05) is 12.1 Å². The molecule has 0 radical (unpaired) electrons. The van der Waals surface area contributed by atoms with Crippen LogP contribution in [-0.4, -0.2) is 25.4 Å². The van der Waals surface area contributed by atoms with Gasteiger partial charge in [0, 0.05) is 17.8 Å². The van der Waals surface area contributed by atoms with Crippen molar-refractivity contribution in [3.8, 4) is 0 Å². The molecule has 6 nitrogen and oxygen atoms in total. The minimum atomic E-state index is -3.63. The molecule has 1 aromatic carbocycles. The van der Waals surface area contributed by atoms with Crippen LogP contribution < -0.4 is 10.0 Å². The Balaban J connectivity index is 2.13. The molecule has 1 aromatic heterocycles. The highest BCUT2D eigenvalue weighted by Crippen LogP contribution is 2.12. The van der Waals surface area contributed by atoms with E-state index in [1.54, 1.807) is 32.2 Å². The maximum Gasteiger partial charge on any atom is 0.251 e. The number of nitrogens with one attached hydrogen (secondary N) is 2. The van der Waals surface area contributed by atoms with Crippen LogP contribution in [0, 0.1) is 6.92 Å². The van der Waals surface area contributed by atoms with Crippen molar-refractivity contribution in [2.45, 2.75) is 38.3 Å². The number of hydrogen-bond donors (Lipinski definition) is 2. The first-order valence-electron chi connectivity index (χ1n) is 7.60. The summed E-state index contributed by atoms with van der Waals surface area (Å²) >= 11 is 0. The van der Waals surface area contributed by atoms with Crippen molar-refractivity contribution in [2.24, 2.45) is 0 Å². The number of benzene rings is 1. The predicted octanol–water partition coefficient (Wildman–Crippen LogP) is 2.01. The van der Waals surface area contributed by atoms with Crippen LogP contribution in [0.25, 0.3) is 0 Å². The molecule has 0 bridgehead atoms. The van der Waals surface area contributed by atoms with Gasteiger partial charge in [-0.2, -0.15) is 0 Å². The standard InChI is InChI=1S/C17H21N3O3S/c1-12(2)20-24(22,23)15-8-4-7-14(10-15)17(21)19-11-16-13(3)6-5-9-18-16/h4-10,12,20H,11H2,1-3H3,(H,19,21). The third kappa shape index (κ3) is 4.62. The van der Waals surface area contributed by atoms with Gasteiger partial charge in [-0.05, 0) is 50.6 Å². The lowest BCUT2D eigenvalue weighted by Crippen LogP contribution is -2.30. The fourth-order valence-corrected chi connectivity index (χ4v) is 3.45. The maximum absolute atomic E-state index is 12.3. The van der Waals surface area contributed by atoms with Crippen LogP contribution in [-0.2, 0) is 16.6 Å². The number of pyridine rings is 1. The van der Waals surface area contributed by atoms with Gasteiger partial charge in [0.25, 0.3) is 5.91 Å². The molecule has 0 aliphatic rings. The van der Waals surface area contributed by atoms with E-state index in [1.165, 1.54) is 12.1 Å². The highest BCUT2D eigenvalue weighted by molar-refractivity contribution is 7.89. The van der Waals surface area contributed by atoms with Gasteiger partial charge in [-0.3, -0.25) is 9.78 Å². The van der Waals surface area contributed by atoms with E-state index in [1.807, 2.05) is 19.1 Å². The number of carbonyl (C=O) groups excluding carboxylic acids is 1. The van der Waals surface area contributed by atoms with Gasteiger partial charge in [0.1, 0.15) is 0 Å². The number of carbonyl (C=O) groups is 1. The molecule has 0 saturated carbocycles. The molecule has 0 saturated heterocycles. The number of nitrogens with zero attached hydrogens (tertiary/aromatic N) is 1. The molecule has 0 aliphatic heterocycles. The van der Waals surface area contributed by atoms with E-state index in [-0.39, 0.29) is 29.0 Å². The Morgan fingerprint density at radius 1 is 1.21 bits per heavy atom. The largest absolute Gasteiger partial charge is 0.346 e. The van der Waals surface area contributed by atoms with Crippen LogP contribution >= 0.6 is 0 Å². The van der Waals surface area contributed by atoms with Crippen molar-refractivity contribution in [2.75, 3.05) is 0 Å². The molecule has 0 fully saturated rings. The Labute approximate surface area is 142 Å². The van der Waals surface area contributed by atoms with Gasteiger partial charge in [0.2, 0.25) is 10.0 Å². The van der Waals surface area contributed by atoms with E-state index in [0.29, 0.717) is 0 Å². The summed E-state index contributed by atoms with van der Waals surface area (Å²) in [6.07, 6.45) is 1.67. The zero-order valence-electron chi connectivity index (χ0n) is 13.9. The number of aryl methyl sites for hydroxylation is 1. The number of hydrogen-bond acceptors (Lipinski definition) is 4. The lowest BCUT2D eigenvalue weighted by Gasteiger charge is -2.11. The fraction of sp³-hybridized carbons (Fsp3) is 0.294. The summed E-state index contributed by atoms with van der Waals surface area (Å²) in [5, 5.41) is 2.76. The molecule has 128 valence electrons. The third-order valence-electron chi connectivity index (χ3n) is 3.33. The zero-order valence-corrected chi connectivity index (χ0v) is 14.7. The van der Waals surface area contributed by atoms with Crippen molar-refractivity contribution >= 4 is 15.9 Å². The minimum absolute atomic E-state index is 0.0675. The van der Waals surface area contributed by atoms with E-state index in [9.17, 15) is 13.2 Å². The first kappa shape index (κ1) is 18.1. The van der Waals surface area contributed by atoms with Crippen LogP contribution in [0.3, 0.4) is 0 Å². The summed E-state index contributed by atoms with van der Waals surface area (Å²) in [7, 11) is -3.63. The number of aromatic nitrogens is 1. The normalized spacial score (nSPS) is 11.5. The van der Waals surface area contributed by atoms with E-state index in [4.69, 9.17) is 0 Å². The minimum Gasteiger partial charge on any atom is -0.346 e. The highest BCUT2D eigenvalue weighted by Gasteiger charge is 2.17. The van der Waals surface area contributed by atoms with E-state index in [2.05, 4.69) is 15.0 Å². The van der Waals surface area contributed by atoms with Crippen LogP contribution in [0.2, 0.25) is 0 Å². The van der Waals surface area contributed by atoms with Crippen LogP contribution in [0.5, 0.6) is 0 Å². The lowest BCUT2D eigenvalue weighted by atomic mass is 10.2. The van der Waals surface area contributed by atoms with Gasteiger partial charge in [0.15, 0.2) is 0 Å². The second kappa shape index (κ2) is 7.55. The van der Waals surface area contributed by atoms with E-state index >= 15 is 0 Å². The first-order chi connectivity index (χ1) is 11.3. The number of rotatable bonds is 6. The van der Waals surface area contributed by atoms with Crippen molar-refractivity contribution in [1.29, 1.82) is 0 Å². The third-order valence-corrected chi connectivity index (χ3v) is 4.99. The monoisotopic (exact) mass is 347 g/mol. The molecule has 2 rings (SSSR count). The molecular weight excluding hydrogens is 326 g/mol. The Bertz CT molecular complexity index is 832. The van der Waals surface area contributed by atoms with Crippen molar-refractivity contribution in [1.82, 2.24) is 15.0 Å². The summed E-state index contributed by atoms with van der Waals surface area (Å²) in [6.45, 7) is 5.68. The smallest absolute Gasteiger partial charge is 0.251 e. The molecule has 2 aromatic rings. The average Bonchev–Trinajstić information content (AvgIpc) is 2.53. The van der Waals surface area contributed by atoms with Gasteiger partial charge in [-0.15, -0.1) is 0 Å². The molecule has 2 N–H and O–H groups in total. The SMILES string of the molecule is Cc1cccnc1CNC(=O)c1cccc(S(=O)(=O)NC(C)C)c1. The Hall–Kier alpha value is -2.25. The highest BCUT2D eigenvalue weighted by atomic mass is 32.2. The maximum atomic E-state index is 12.3. The quantitative estimate of drug-likeness (QED) is 0.837. The fourth-order valence-electron chi connectivity index (χ4n) is 2.15. The van der Waals surface area contributed by atoms with Crippen LogP contribution in [0.15, 0.2) is 47.5 Å². The summed E-state index contributed by atoms with van der Waals surface area (Å²) in [5.74, 6) is -0.346. The van der Waals surface area contributed by atoms with Crippen LogP contribution in [0.1, 0.15) is 35.5 Å². The second-order valence-electron chi connectivity index (χ2n) is 5.75. The summed E-state index contributed by atoms with van der Waals surface area (Å²) in [4.78, 5) is 16.6. The van der Waals surface area contributed by atoms with E-state index < -0.39 is 10.0 Å². The number of amides is 1.